The number of furan rings is 2. The molecule has 0 saturated carbocycles. The maximum Gasteiger partial charge on any atom is 0.274 e. The summed E-state index contributed by atoms with van der Waals surface area (Å²) in [4.78, 5) is 12.1. The van der Waals surface area contributed by atoms with Gasteiger partial charge in [0.25, 0.3) is 5.91 Å². The standard InChI is InChI=1S/C18H17N3O5S/c1-11-9-16(12(2)25-11)18(22)21-20-10-14-5-8-17(26-14)13-3-6-15(7-4-13)27(19,23)24/h3-10H,1-2H3,(H,21,22)(H2,19,23,24)/b20-10-. The molecule has 3 aromatic rings. The Kier molecular flexibility index (Phi) is 4.98. The van der Waals surface area contributed by atoms with Gasteiger partial charge in [0.15, 0.2) is 0 Å². The zero-order chi connectivity index (χ0) is 19.6. The van der Waals surface area contributed by atoms with E-state index in [1.165, 1.54) is 18.3 Å². The first-order valence-corrected chi connectivity index (χ1v) is 9.42. The third kappa shape index (κ3) is 4.33. The number of nitrogens with two attached hydrogens (primary N) is 1. The molecule has 2 aromatic heterocycles. The largest absolute Gasteiger partial charge is 0.466 e. The Balaban J connectivity index is 1.68. The monoisotopic (exact) mass is 387 g/mol. The average Bonchev–Trinajstić information content (AvgIpc) is 3.20. The number of benzene rings is 1. The first-order valence-electron chi connectivity index (χ1n) is 7.87. The highest BCUT2D eigenvalue weighted by Crippen LogP contribution is 2.23. The topological polar surface area (TPSA) is 128 Å². The fraction of sp³-hybridized carbons (Fsp3) is 0.111. The molecule has 0 fully saturated rings. The third-order valence-corrected chi connectivity index (χ3v) is 4.67. The summed E-state index contributed by atoms with van der Waals surface area (Å²) >= 11 is 0. The van der Waals surface area contributed by atoms with Crippen LogP contribution < -0.4 is 10.6 Å². The first kappa shape index (κ1) is 18.6. The zero-order valence-corrected chi connectivity index (χ0v) is 15.4. The van der Waals surface area contributed by atoms with Gasteiger partial charge in [-0.05, 0) is 56.3 Å². The van der Waals surface area contributed by atoms with Crippen LogP contribution in [-0.2, 0) is 10.0 Å². The number of hydrogen-bond donors (Lipinski definition) is 2. The highest BCUT2D eigenvalue weighted by molar-refractivity contribution is 7.89. The Morgan fingerprint density at radius 1 is 1.11 bits per heavy atom. The second-order valence-corrected chi connectivity index (χ2v) is 7.36. The molecule has 0 spiro atoms. The molecule has 0 unspecified atom stereocenters. The van der Waals surface area contributed by atoms with Crippen molar-refractivity contribution in [1.82, 2.24) is 5.43 Å². The Labute approximate surface area is 155 Å². The van der Waals surface area contributed by atoms with E-state index in [4.69, 9.17) is 14.0 Å². The summed E-state index contributed by atoms with van der Waals surface area (Å²) in [5.74, 6) is 1.71. The number of rotatable bonds is 5. The van der Waals surface area contributed by atoms with Crippen LogP contribution in [0.25, 0.3) is 11.3 Å². The molecule has 140 valence electrons. The van der Waals surface area contributed by atoms with E-state index in [9.17, 15) is 13.2 Å². The van der Waals surface area contributed by atoms with Gasteiger partial charge in [-0.2, -0.15) is 5.10 Å². The Morgan fingerprint density at radius 2 is 1.81 bits per heavy atom. The molecule has 0 bridgehead atoms. The molecule has 1 amide bonds. The summed E-state index contributed by atoms with van der Waals surface area (Å²) in [6.45, 7) is 3.46. The molecule has 3 rings (SSSR count). The Bertz CT molecular complexity index is 1110. The summed E-state index contributed by atoms with van der Waals surface area (Å²) < 4.78 is 33.5. The molecule has 8 nitrogen and oxygen atoms in total. The van der Waals surface area contributed by atoms with E-state index in [0.717, 1.165) is 0 Å². The molecule has 0 aliphatic heterocycles. The minimum atomic E-state index is -3.74. The van der Waals surface area contributed by atoms with Gasteiger partial charge in [0.2, 0.25) is 10.0 Å². The third-order valence-electron chi connectivity index (χ3n) is 3.74. The van der Waals surface area contributed by atoms with Crippen molar-refractivity contribution in [3.63, 3.8) is 0 Å². The van der Waals surface area contributed by atoms with Crippen LogP contribution in [0.5, 0.6) is 0 Å². The lowest BCUT2D eigenvalue weighted by molar-refractivity contribution is 0.0953. The van der Waals surface area contributed by atoms with E-state index in [1.54, 1.807) is 44.2 Å². The van der Waals surface area contributed by atoms with Crippen LogP contribution in [0.4, 0.5) is 0 Å². The van der Waals surface area contributed by atoms with Crippen LogP contribution in [0.15, 0.2) is 61.3 Å². The van der Waals surface area contributed by atoms with E-state index >= 15 is 0 Å². The predicted octanol–water partition coefficient (Wildman–Crippen LogP) is 2.57. The number of nitrogens with one attached hydrogen (secondary N) is 1. The molecule has 0 atom stereocenters. The summed E-state index contributed by atoms with van der Waals surface area (Å²) in [6.07, 6.45) is 1.36. The van der Waals surface area contributed by atoms with Gasteiger partial charge < -0.3 is 8.83 Å². The van der Waals surface area contributed by atoms with Crippen molar-refractivity contribution in [3.8, 4) is 11.3 Å². The normalized spacial score (nSPS) is 11.8. The SMILES string of the molecule is Cc1cc(C(=O)N/N=C\c2ccc(-c3ccc(S(N)(=O)=O)cc3)o2)c(C)o1. The number of primary sulfonamides is 1. The number of hydrogen-bond acceptors (Lipinski definition) is 6. The minimum absolute atomic E-state index is 0.0204. The molecule has 1 aromatic carbocycles. The Morgan fingerprint density at radius 3 is 2.41 bits per heavy atom. The second-order valence-electron chi connectivity index (χ2n) is 5.80. The molecule has 0 aliphatic rings. The van der Waals surface area contributed by atoms with Crippen molar-refractivity contribution >= 4 is 22.1 Å². The van der Waals surface area contributed by atoms with Gasteiger partial charge in [-0.15, -0.1) is 0 Å². The van der Waals surface area contributed by atoms with Crippen LogP contribution in [-0.4, -0.2) is 20.5 Å². The van der Waals surface area contributed by atoms with Crippen molar-refractivity contribution in [1.29, 1.82) is 0 Å². The number of carbonyl (C=O) groups is 1. The number of nitrogens with zero attached hydrogens (tertiary/aromatic N) is 1. The highest BCUT2D eigenvalue weighted by atomic mass is 32.2. The molecule has 27 heavy (non-hydrogen) atoms. The van der Waals surface area contributed by atoms with Crippen LogP contribution in [0.3, 0.4) is 0 Å². The van der Waals surface area contributed by atoms with Crippen molar-refractivity contribution in [3.05, 3.63) is 65.3 Å². The van der Waals surface area contributed by atoms with E-state index in [2.05, 4.69) is 10.5 Å². The van der Waals surface area contributed by atoms with E-state index in [-0.39, 0.29) is 10.8 Å². The smallest absolute Gasteiger partial charge is 0.274 e. The maximum absolute atomic E-state index is 12.0. The lowest BCUT2D eigenvalue weighted by Gasteiger charge is -2.00. The van der Waals surface area contributed by atoms with Gasteiger partial charge >= 0.3 is 0 Å². The van der Waals surface area contributed by atoms with Gasteiger partial charge in [-0.1, -0.05) is 0 Å². The van der Waals surface area contributed by atoms with E-state index in [0.29, 0.717) is 34.2 Å². The molecule has 0 radical (unpaired) electrons. The van der Waals surface area contributed by atoms with Crippen LogP contribution in [0, 0.1) is 13.8 Å². The van der Waals surface area contributed by atoms with Gasteiger partial charge in [-0.25, -0.2) is 19.0 Å². The number of carbonyl (C=O) groups excluding carboxylic acids is 1. The molecule has 2 heterocycles. The molecular formula is C18H17N3O5S. The van der Waals surface area contributed by atoms with Gasteiger partial charge in [0.05, 0.1) is 16.7 Å². The zero-order valence-electron chi connectivity index (χ0n) is 14.6. The average molecular weight is 387 g/mol. The van der Waals surface area contributed by atoms with E-state index < -0.39 is 10.0 Å². The second kappa shape index (κ2) is 7.22. The predicted molar refractivity (Wildman–Crippen MR) is 98.8 cm³/mol. The lowest BCUT2D eigenvalue weighted by Crippen LogP contribution is -2.17. The lowest BCUT2D eigenvalue weighted by atomic mass is 10.2. The van der Waals surface area contributed by atoms with Crippen molar-refractivity contribution < 1.29 is 22.0 Å². The molecular weight excluding hydrogens is 370 g/mol. The van der Waals surface area contributed by atoms with Crippen LogP contribution in [0.2, 0.25) is 0 Å². The number of amides is 1. The van der Waals surface area contributed by atoms with Crippen LogP contribution in [0.1, 0.15) is 27.6 Å². The van der Waals surface area contributed by atoms with Gasteiger partial charge in [0, 0.05) is 5.56 Å². The van der Waals surface area contributed by atoms with Gasteiger partial charge in [0.1, 0.15) is 23.0 Å². The first-order chi connectivity index (χ1) is 12.7. The van der Waals surface area contributed by atoms with Crippen molar-refractivity contribution in [2.45, 2.75) is 18.7 Å². The fourth-order valence-electron chi connectivity index (χ4n) is 2.46. The minimum Gasteiger partial charge on any atom is -0.466 e. The molecule has 9 heteroatoms. The molecule has 3 N–H and O–H groups in total. The maximum atomic E-state index is 12.0. The summed E-state index contributed by atoms with van der Waals surface area (Å²) in [7, 11) is -3.74. The Hall–Kier alpha value is -3.17. The number of hydrazone groups is 1. The number of aryl methyl sites for hydroxylation is 2. The van der Waals surface area contributed by atoms with Crippen molar-refractivity contribution in [2.75, 3.05) is 0 Å². The van der Waals surface area contributed by atoms with Crippen molar-refractivity contribution in [2.24, 2.45) is 10.2 Å². The number of sulfonamides is 1. The molecule has 0 saturated heterocycles. The van der Waals surface area contributed by atoms with E-state index in [1.807, 2.05) is 0 Å². The quantitative estimate of drug-likeness (QED) is 0.514. The van der Waals surface area contributed by atoms with Gasteiger partial charge in [-0.3, -0.25) is 4.79 Å². The summed E-state index contributed by atoms with van der Waals surface area (Å²) in [5.41, 5.74) is 3.50. The summed E-state index contributed by atoms with van der Waals surface area (Å²) in [6, 6.07) is 11.0. The highest BCUT2D eigenvalue weighted by Gasteiger charge is 2.13. The molecule has 0 aliphatic carbocycles. The van der Waals surface area contributed by atoms with Crippen LogP contribution >= 0.6 is 0 Å². The summed E-state index contributed by atoms with van der Waals surface area (Å²) in [5, 5.41) is 8.94. The fourth-order valence-corrected chi connectivity index (χ4v) is 2.97.